The normalized spacial score (nSPS) is 14.6. The van der Waals surface area contributed by atoms with Crippen molar-refractivity contribution in [2.75, 3.05) is 5.75 Å². The molecule has 0 saturated heterocycles. The van der Waals surface area contributed by atoms with Crippen LogP contribution >= 0.6 is 11.8 Å². The lowest BCUT2D eigenvalue weighted by Gasteiger charge is -2.20. The van der Waals surface area contributed by atoms with Gasteiger partial charge in [0.1, 0.15) is 6.29 Å². The Hall–Kier alpha value is -0.800. The van der Waals surface area contributed by atoms with E-state index < -0.39 is 5.60 Å². The monoisotopic (exact) mass is 224 g/mol. The molecule has 0 saturated carbocycles. The van der Waals surface area contributed by atoms with Crippen LogP contribution in [-0.4, -0.2) is 22.7 Å². The van der Waals surface area contributed by atoms with E-state index in [-0.39, 0.29) is 0 Å². The highest BCUT2D eigenvalue weighted by molar-refractivity contribution is 7.99. The SMILES string of the molecule is CCC(C)(O)CSc1cccc(C=O)c1. The third kappa shape index (κ3) is 4.06. The minimum absolute atomic E-state index is 0.637. The summed E-state index contributed by atoms with van der Waals surface area (Å²) in [6.45, 7) is 3.78. The molecule has 3 heteroatoms. The van der Waals surface area contributed by atoms with Crippen LogP contribution in [0.15, 0.2) is 29.2 Å². The average molecular weight is 224 g/mol. The molecule has 1 N–H and O–H groups in total. The van der Waals surface area contributed by atoms with Gasteiger partial charge in [-0.15, -0.1) is 11.8 Å². The van der Waals surface area contributed by atoms with Crippen molar-refractivity contribution in [1.29, 1.82) is 0 Å². The second-order valence-corrected chi connectivity index (χ2v) is 4.88. The van der Waals surface area contributed by atoms with Gasteiger partial charge >= 0.3 is 0 Å². The summed E-state index contributed by atoms with van der Waals surface area (Å²) in [5, 5.41) is 9.82. The Morgan fingerprint density at radius 3 is 2.87 bits per heavy atom. The van der Waals surface area contributed by atoms with Crippen LogP contribution in [0.25, 0.3) is 0 Å². The number of carbonyl (C=O) groups is 1. The highest BCUT2D eigenvalue weighted by atomic mass is 32.2. The minimum Gasteiger partial charge on any atom is -0.389 e. The lowest BCUT2D eigenvalue weighted by atomic mass is 10.1. The number of hydrogen-bond acceptors (Lipinski definition) is 3. The summed E-state index contributed by atoms with van der Waals surface area (Å²) in [5.41, 5.74) is 0.0399. The Morgan fingerprint density at radius 2 is 2.27 bits per heavy atom. The molecule has 2 nitrogen and oxygen atoms in total. The van der Waals surface area contributed by atoms with Crippen molar-refractivity contribution < 1.29 is 9.90 Å². The third-order valence-corrected chi connectivity index (χ3v) is 3.66. The van der Waals surface area contributed by atoms with E-state index in [1.807, 2.05) is 32.0 Å². The first-order valence-corrected chi connectivity index (χ1v) is 5.96. The van der Waals surface area contributed by atoms with E-state index in [4.69, 9.17) is 0 Å². The van der Waals surface area contributed by atoms with Gasteiger partial charge in [0.2, 0.25) is 0 Å². The highest BCUT2D eigenvalue weighted by Gasteiger charge is 2.17. The molecule has 0 aliphatic carbocycles. The zero-order valence-corrected chi connectivity index (χ0v) is 9.88. The largest absolute Gasteiger partial charge is 0.389 e. The fourth-order valence-corrected chi connectivity index (χ4v) is 2.09. The molecule has 1 aromatic carbocycles. The lowest BCUT2D eigenvalue weighted by molar-refractivity contribution is 0.0816. The molecule has 0 heterocycles. The molecule has 82 valence electrons. The van der Waals surface area contributed by atoms with E-state index in [9.17, 15) is 9.90 Å². The van der Waals surface area contributed by atoms with Crippen LogP contribution in [-0.2, 0) is 0 Å². The van der Waals surface area contributed by atoms with Gasteiger partial charge in [0, 0.05) is 16.2 Å². The molecule has 0 fully saturated rings. The first-order chi connectivity index (χ1) is 7.07. The number of aliphatic hydroxyl groups is 1. The Labute approximate surface area is 94.7 Å². The smallest absolute Gasteiger partial charge is 0.150 e. The third-order valence-electron chi connectivity index (χ3n) is 2.31. The summed E-state index contributed by atoms with van der Waals surface area (Å²) in [5.74, 6) is 0.645. The molecular formula is C12H16O2S. The van der Waals surface area contributed by atoms with Crippen LogP contribution in [0.1, 0.15) is 30.6 Å². The first kappa shape index (κ1) is 12.3. The number of aldehydes is 1. The van der Waals surface area contributed by atoms with Crippen LogP contribution in [0.3, 0.4) is 0 Å². The summed E-state index contributed by atoms with van der Waals surface area (Å²) in [7, 11) is 0. The number of rotatable bonds is 5. The van der Waals surface area contributed by atoms with Gasteiger partial charge in [0.15, 0.2) is 0 Å². The van der Waals surface area contributed by atoms with Gasteiger partial charge in [-0.3, -0.25) is 4.79 Å². The Bertz CT molecular complexity index is 334. The molecule has 0 aromatic heterocycles. The topological polar surface area (TPSA) is 37.3 Å². The number of hydrogen-bond donors (Lipinski definition) is 1. The molecule has 0 aliphatic rings. The second-order valence-electron chi connectivity index (χ2n) is 3.83. The predicted molar refractivity (Wildman–Crippen MR) is 63.5 cm³/mol. The molecule has 0 bridgehead atoms. The molecule has 1 unspecified atom stereocenters. The summed E-state index contributed by atoms with van der Waals surface area (Å²) in [4.78, 5) is 11.6. The summed E-state index contributed by atoms with van der Waals surface area (Å²) >= 11 is 1.57. The van der Waals surface area contributed by atoms with E-state index in [0.717, 1.165) is 17.6 Å². The maximum absolute atomic E-state index is 10.6. The number of carbonyl (C=O) groups excluding carboxylic acids is 1. The highest BCUT2D eigenvalue weighted by Crippen LogP contribution is 2.24. The predicted octanol–water partition coefficient (Wildman–Crippen LogP) is 2.75. The molecule has 1 aromatic rings. The molecule has 1 rings (SSSR count). The molecular weight excluding hydrogens is 208 g/mol. The van der Waals surface area contributed by atoms with E-state index in [1.165, 1.54) is 0 Å². The van der Waals surface area contributed by atoms with Gasteiger partial charge in [0.25, 0.3) is 0 Å². The number of benzene rings is 1. The molecule has 15 heavy (non-hydrogen) atoms. The van der Waals surface area contributed by atoms with Crippen LogP contribution in [0.2, 0.25) is 0 Å². The summed E-state index contributed by atoms with van der Waals surface area (Å²) in [6.07, 6.45) is 1.56. The molecule has 0 aliphatic heterocycles. The van der Waals surface area contributed by atoms with Gasteiger partial charge in [-0.05, 0) is 25.5 Å². The average Bonchev–Trinajstić information content (AvgIpc) is 2.27. The van der Waals surface area contributed by atoms with Crippen LogP contribution in [0.5, 0.6) is 0 Å². The van der Waals surface area contributed by atoms with Gasteiger partial charge in [0.05, 0.1) is 5.60 Å². The van der Waals surface area contributed by atoms with Crippen LogP contribution in [0.4, 0.5) is 0 Å². The maximum Gasteiger partial charge on any atom is 0.150 e. The minimum atomic E-state index is -0.637. The molecule has 0 spiro atoms. The zero-order valence-electron chi connectivity index (χ0n) is 9.06. The molecule has 0 radical (unpaired) electrons. The van der Waals surface area contributed by atoms with E-state index >= 15 is 0 Å². The van der Waals surface area contributed by atoms with Crippen molar-refractivity contribution in [3.63, 3.8) is 0 Å². The van der Waals surface area contributed by atoms with Crippen LogP contribution in [0, 0.1) is 0 Å². The van der Waals surface area contributed by atoms with E-state index in [0.29, 0.717) is 11.3 Å². The van der Waals surface area contributed by atoms with Crippen molar-refractivity contribution >= 4 is 18.0 Å². The van der Waals surface area contributed by atoms with Gasteiger partial charge in [-0.1, -0.05) is 19.1 Å². The van der Waals surface area contributed by atoms with E-state index in [2.05, 4.69) is 0 Å². The van der Waals surface area contributed by atoms with Gasteiger partial charge in [-0.25, -0.2) is 0 Å². The Morgan fingerprint density at radius 1 is 1.53 bits per heavy atom. The van der Waals surface area contributed by atoms with Crippen molar-refractivity contribution in [2.24, 2.45) is 0 Å². The van der Waals surface area contributed by atoms with Crippen molar-refractivity contribution in [3.8, 4) is 0 Å². The second kappa shape index (κ2) is 5.33. The Balaban J connectivity index is 2.61. The fraction of sp³-hybridized carbons (Fsp3) is 0.417. The van der Waals surface area contributed by atoms with Gasteiger partial charge in [-0.2, -0.15) is 0 Å². The molecule has 1 atom stereocenters. The standard InChI is InChI=1S/C12H16O2S/c1-3-12(2,14)9-15-11-6-4-5-10(7-11)8-13/h4-8,14H,3,9H2,1-2H3. The fourth-order valence-electron chi connectivity index (χ4n) is 1.02. The quantitative estimate of drug-likeness (QED) is 0.617. The van der Waals surface area contributed by atoms with Gasteiger partial charge < -0.3 is 5.11 Å². The van der Waals surface area contributed by atoms with Crippen molar-refractivity contribution in [3.05, 3.63) is 29.8 Å². The zero-order chi connectivity index (χ0) is 11.3. The maximum atomic E-state index is 10.6. The number of thioether (sulfide) groups is 1. The lowest BCUT2D eigenvalue weighted by Crippen LogP contribution is -2.25. The summed E-state index contributed by atoms with van der Waals surface area (Å²) in [6, 6.07) is 7.41. The van der Waals surface area contributed by atoms with E-state index in [1.54, 1.807) is 17.8 Å². The van der Waals surface area contributed by atoms with Crippen molar-refractivity contribution in [2.45, 2.75) is 30.8 Å². The summed E-state index contributed by atoms with van der Waals surface area (Å²) < 4.78 is 0. The first-order valence-electron chi connectivity index (χ1n) is 4.98. The Kier molecular flexibility index (Phi) is 4.36. The molecule has 0 amide bonds. The van der Waals surface area contributed by atoms with Crippen LogP contribution < -0.4 is 0 Å². The van der Waals surface area contributed by atoms with Crippen molar-refractivity contribution in [1.82, 2.24) is 0 Å².